The molecule has 144 valence electrons. The summed E-state index contributed by atoms with van der Waals surface area (Å²) in [6, 6.07) is 7.47. The smallest absolute Gasteiger partial charge is 0.264 e. The van der Waals surface area contributed by atoms with E-state index in [-0.39, 0.29) is 18.3 Å². The molecule has 1 aromatic heterocycles. The lowest BCUT2D eigenvalue weighted by Crippen LogP contribution is -2.35. The highest BCUT2D eigenvalue weighted by molar-refractivity contribution is 5.93. The SMILES string of the molecule is Cc1cc(OCC(=O)N(C)c2ccc(F)cc2)nc(N2CCC[C@@H](C)C2)n1. The second kappa shape index (κ2) is 8.33. The van der Waals surface area contributed by atoms with E-state index in [4.69, 9.17) is 4.74 Å². The van der Waals surface area contributed by atoms with E-state index in [9.17, 15) is 9.18 Å². The molecule has 0 bridgehead atoms. The number of benzene rings is 1. The van der Waals surface area contributed by atoms with Crippen molar-refractivity contribution in [3.63, 3.8) is 0 Å². The number of hydrogen-bond acceptors (Lipinski definition) is 5. The highest BCUT2D eigenvalue weighted by atomic mass is 19.1. The molecular formula is C20H25FN4O2. The first-order chi connectivity index (χ1) is 12.9. The minimum Gasteiger partial charge on any atom is -0.467 e. The lowest BCUT2D eigenvalue weighted by molar-refractivity contribution is -0.120. The first-order valence-electron chi connectivity index (χ1n) is 9.18. The summed E-state index contributed by atoms with van der Waals surface area (Å²) >= 11 is 0. The Morgan fingerprint density at radius 1 is 1.33 bits per heavy atom. The minimum absolute atomic E-state index is 0.153. The molecule has 3 rings (SSSR count). The molecule has 0 unspecified atom stereocenters. The van der Waals surface area contributed by atoms with Crippen molar-refractivity contribution in [3.05, 3.63) is 41.8 Å². The molecular weight excluding hydrogens is 347 g/mol. The fourth-order valence-corrected chi connectivity index (χ4v) is 3.15. The van der Waals surface area contributed by atoms with E-state index >= 15 is 0 Å². The van der Waals surface area contributed by atoms with Crippen molar-refractivity contribution in [1.29, 1.82) is 0 Å². The molecule has 0 N–H and O–H groups in total. The second-order valence-corrected chi connectivity index (χ2v) is 7.06. The van der Waals surface area contributed by atoms with E-state index in [0.29, 0.717) is 23.4 Å². The first-order valence-corrected chi connectivity index (χ1v) is 9.18. The summed E-state index contributed by atoms with van der Waals surface area (Å²) in [5.74, 6) is 1.06. The van der Waals surface area contributed by atoms with Crippen molar-refractivity contribution in [2.45, 2.75) is 26.7 Å². The van der Waals surface area contributed by atoms with Gasteiger partial charge in [-0.15, -0.1) is 0 Å². The zero-order chi connectivity index (χ0) is 19.4. The number of hydrogen-bond donors (Lipinski definition) is 0. The molecule has 6 nitrogen and oxygen atoms in total. The molecule has 2 heterocycles. The molecule has 1 amide bonds. The quantitative estimate of drug-likeness (QED) is 0.807. The Morgan fingerprint density at radius 2 is 2.07 bits per heavy atom. The summed E-state index contributed by atoms with van der Waals surface area (Å²) in [6.45, 7) is 5.82. The van der Waals surface area contributed by atoms with Gasteiger partial charge in [-0.05, 0) is 49.9 Å². The van der Waals surface area contributed by atoms with Crippen molar-refractivity contribution in [2.75, 3.05) is 36.5 Å². The summed E-state index contributed by atoms with van der Waals surface area (Å²) in [5.41, 5.74) is 1.40. The normalized spacial score (nSPS) is 16.9. The number of halogens is 1. The van der Waals surface area contributed by atoms with E-state index < -0.39 is 0 Å². The van der Waals surface area contributed by atoms with Gasteiger partial charge >= 0.3 is 0 Å². The van der Waals surface area contributed by atoms with Crippen molar-refractivity contribution < 1.29 is 13.9 Å². The molecule has 1 aliphatic rings. The third kappa shape index (κ3) is 4.93. The van der Waals surface area contributed by atoms with Gasteiger partial charge in [-0.25, -0.2) is 9.37 Å². The van der Waals surface area contributed by atoms with Gasteiger partial charge < -0.3 is 14.5 Å². The summed E-state index contributed by atoms with van der Waals surface area (Å²) < 4.78 is 18.7. The van der Waals surface area contributed by atoms with Gasteiger partial charge in [-0.2, -0.15) is 4.98 Å². The van der Waals surface area contributed by atoms with E-state index in [1.807, 2.05) is 6.92 Å². The predicted molar refractivity (Wildman–Crippen MR) is 103 cm³/mol. The van der Waals surface area contributed by atoms with Crippen molar-refractivity contribution in [1.82, 2.24) is 9.97 Å². The van der Waals surface area contributed by atoms with Crippen LogP contribution in [-0.4, -0.2) is 42.6 Å². The number of aryl methyl sites for hydroxylation is 1. The van der Waals surface area contributed by atoms with Gasteiger partial charge in [0.1, 0.15) is 5.82 Å². The standard InChI is InChI=1S/C20H25FN4O2/c1-14-5-4-10-25(12-14)20-22-15(2)11-18(23-20)27-13-19(26)24(3)17-8-6-16(21)7-9-17/h6-9,11,14H,4-5,10,12-13H2,1-3H3/t14-/m1/s1. The van der Waals surface area contributed by atoms with Crippen LogP contribution in [0.1, 0.15) is 25.5 Å². The monoisotopic (exact) mass is 372 g/mol. The van der Waals surface area contributed by atoms with Crippen LogP contribution >= 0.6 is 0 Å². The molecule has 1 atom stereocenters. The summed E-state index contributed by atoms with van der Waals surface area (Å²) in [5, 5.41) is 0. The number of ether oxygens (including phenoxy) is 1. The lowest BCUT2D eigenvalue weighted by Gasteiger charge is -2.31. The number of anilines is 2. The van der Waals surface area contributed by atoms with Crippen LogP contribution < -0.4 is 14.5 Å². The lowest BCUT2D eigenvalue weighted by atomic mass is 10.0. The van der Waals surface area contributed by atoms with E-state index in [1.165, 1.54) is 23.5 Å². The maximum Gasteiger partial charge on any atom is 0.264 e. The van der Waals surface area contributed by atoms with Crippen LogP contribution in [0, 0.1) is 18.7 Å². The van der Waals surface area contributed by atoms with Gasteiger partial charge in [0.25, 0.3) is 5.91 Å². The molecule has 0 saturated carbocycles. The van der Waals surface area contributed by atoms with E-state index in [1.54, 1.807) is 25.2 Å². The average Bonchev–Trinajstić information content (AvgIpc) is 2.66. The Balaban J connectivity index is 1.65. The Labute approximate surface area is 159 Å². The number of amides is 1. The Bertz CT molecular complexity index is 797. The van der Waals surface area contributed by atoms with Crippen molar-refractivity contribution in [3.8, 4) is 5.88 Å². The number of likely N-dealkylation sites (N-methyl/N-ethyl adjacent to an activating group) is 1. The van der Waals surface area contributed by atoms with Crippen LogP contribution in [0.2, 0.25) is 0 Å². The molecule has 2 aromatic rings. The maximum absolute atomic E-state index is 13.0. The van der Waals surface area contributed by atoms with Crippen LogP contribution in [-0.2, 0) is 4.79 Å². The fraction of sp³-hybridized carbons (Fsp3) is 0.450. The molecule has 0 spiro atoms. The van der Waals surface area contributed by atoms with Crippen molar-refractivity contribution >= 4 is 17.5 Å². The number of piperidine rings is 1. The first kappa shape index (κ1) is 19.1. The van der Waals surface area contributed by atoms with Gasteiger partial charge in [-0.3, -0.25) is 4.79 Å². The van der Waals surface area contributed by atoms with Crippen molar-refractivity contribution in [2.24, 2.45) is 5.92 Å². The molecule has 7 heteroatoms. The topological polar surface area (TPSA) is 58.6 Å². The minimum atomic E-state index is -0.341. The van der Waals surface area contributed by atoms with Crippen LogP contribution in [0.3, 0.4) is 0 Å². The zero-order valence-corrected chi connectivity index (χ0v) is 16.0. The second-order valence-electron chi connectivity index (χ2n) is 7.06. The third-order valence-electron chi connectivity index (χ3n) is 4.69. The van der Waals surface area contributed by atoms with Gasteiger partial charge in [-0.1, -0.05) is 6.92 Å². The Kier molecular flexibility index (Phi) is 5.88. The van der Waals surface area contributed by atoms with Crippen LogP contribution in [0.5, 0.6) is 5.88 Å². The molecule has 1 aliphatic heterocycles. The van der Waals surface area contributed by atoms with Crippen LogP contribution in [0.4, 0.5) is 16.0 Å². The summed E-state index contributed by atoms with van der Waals surface area (Å²) in [6.07, 6.45) is 2.34. The summed E-state index contributed by atoms with van der Waals surface area (Å²) in [7, 11) is 1.63. The molecule has 0 aliphatic carbocycles. The number of rotatable bonds is 5. The maximum atomic E-state index is 13.0. The molecule has 1 fully saturated rings. The van der Waals surface area contributed by atoms with Crippen LogP contribution in [0.15, 0.2) is 30.3 Å². The number of carbonyl (C=O) groups excluding carboxylic acids is 1. The Morgan fingerprint density at radius 3 is 2.78 bits per heavy atom. The Hall–Kier alpha value is -2.70. The van der Waals surface area contributed by atoms with Gasteiger partial charge in [0.2, 0.25) is 11.8 Å². The highest BCUT2D eigenvalue weighted by Crippen LogP contribution is 2.22. The van der Waals surface area contributed by atoms with Gasteiger partial charge in [0, 0.05) is 37.6 Å². The summed E-state index contributed by atoms with van der Waals surface area (Å²) in [4.78, 5) is 25.0. The third-order valence-corrected chi connectivity index (χ3v) is 4.69. The zero-order valence-electron chi connectivity index (χ0n) is 16.0. The number of nitrogens with zero attached hydrogens (tertiary/aromatic N) is 4. The predicted octanol–water partition coefficient (Wildman–Crippen LogP) is 3.20. The number of carbonyl (C=O) groups is 1. The molecule has 1 saturated heterocycles. The van der Waals surface area contributed by atoms with E-state index in [0.717, 1.165) is 25.2 Å². The van der Waals surface area contributed by atoms with Gasteiger partial charge in [0.05, 0.1) is 0 Å². The number of aromatic nitrogens is 2. The fourth-order valence-electron chi connectivity index (χ4n) is 3.15. The largest absolute Gasteiger partial charge is 0.467 e. The van der Waals surface area contributed by atoms with Crippen LogP contribution in [0.25, 0.3) is 0 Å². The van der Waals surface area contributed by atoms with E-state index in [2.05, 4.69) is 21.8 Å². The highest BCUT2D eigenvalue weighted by Gasteiger charge is 2.20. The molecule has 27 heavy (non-hydrogen) atoms. The van der Waals surface area contributed by atoms with Gasteiger partial charge in [0.15, 0.2) is 6.61 Å². The molecule has 0 radical (unpaired) electrons. The average molecular weight is 372 g/mol. The molecule has 1 aromatic carbocycles.